The summed E-state index contributed by atoms with van der Waals surface area (Å²) >= 11 is 0. The van der Waals surface area contributed by atoms with Gasteiger partial charge in [0.2, 0.25) is 5.89 Å². The molecule has 0 bridgehead atoms. The molecule has 0 spiro atoms. The van der Waals surface area contributed by atoms with Crippen molar-refractivity contribution < 1.29 is 9.15 Å². The van der Waals surface area contributed by atoms with Gasteiger partial charge in [0, 0.05) is 6.08 Å². The van der Waals surface area contributed by atoms with Gasteiger partial charge in [-0.3, -0.25) is 0 Å². The molecule has 28 heavy (non-hydrogen) atoms. The summed E-state index contributed by atoms with van der Waals surface area (Å²) in [6.45, 7) is 4.55. The topological polar surface area (TPSA) is 38.5 Å². The smallest absolute Gasteiger partial charge is 0.220 e. The molecule has 4 rings (SSSR count). The van der Waals surface area contributed by atoms with Gasteiger partial charge >= 0.3 is 0 Å². The van der Waals surface area contributed by atoms with E-state index >= 15 is 0 Å². The minimum absolute atomic E-state index is 0.621. The Balaban J connectivity index is 1.21. The van der Waals surface area contributed by atoms with Crippen LogP contribution in [0.15, 0.2) is 52.9 Å². The van der Waals surface area contributed by atoms with Crippen molar-refractivity contribution in [1.29, 1.82) is 0 Å². The lowest BCUT2D eigenvalue weighted by Gasteiger charge is -2.26. The van der Waals surface area contributed by atoms with Gasteiger partial charge in [-0.25, -0.2) is 4.98 Å². The van der Waals surface area contributed by atoms with Crippen molar-refractivity contribution in [3.63, 3.8) is 0 Å². The van der Waals surface area contributed by atoms with Gasteiger partial charge in [0.05, 0.1) is 6.61 Å². The molecule has 1 saturated heterocycles. The van der Waals surface area contributed by atoms with E-state index in [0.717, 1.165) is 35.4 Å². The molecule has 1 fully saturated rings. The molecule has 2 aromatic carbocycles. The molecule has 1 aromatic heterocycles. The lowest BCUT2D eigenvalue weighted by atomic mass is 10.1. The Bertz CT molecular complexity index is 859. The van der Waals surface area contributed by atoms with Crippen LogP contribution < -0.4 is 4.74 Å². The summed E-state index contributed by atoms with van der Waals surface area (Å²) < 4.78 is 11.6. The summed E-state index contributed by atoms with van der Waals surface area (Å²) in [6.07, 6.45) is 10.4. The van der Waals surface area contributed by atoms with Crippen LogP contribution in [0.1, 0.15) is 43.6 Å². The number of oxazole rings is 1. The predicted octanol–water partition coefficient (Wildman–Crippen LogP) is 5.64. The van der Waals surface area contributed by atoms with Crippen LogP contribution in [0.25, 0.3) is 23.3 Å². The average Bonchev–Trinajstić information content (AvgIpc) is 3.17. The second-order valence-corrected chi connectivity index (χ2v) is 7.38. The first-order valence-electron chi connectivity index (χ1n) is 10.4. The van der Waals surface area contributed by atoms with E-state index in [0.29, 0.717) is 5.89 Å². The number of rotatable bonds is 8. The molecule has 146 valence electrons. The maximum atomic E-state index is 5.88. The number of piperidine rings is 1. The molecule has 1 aliphatic rings. The summed E-state index contributed by atoms with van der Waals surface area (Å²) in [5, 5.41) is 0. The molecule has 4 nitrogen and oxygen atoms in total. The minimum atomic E-state index is 0.621. The van der Waals surface area contributed by atoms with Crippen molar-refractivity contribution in [3.05, 3.63) is 60.0 Å². The molecule has 0 aliphatic carbocycles. The van der Waals surface area contributed by atoms with E-state index in [-0.39, 0.29) is 0 Å². The van der Waals surface area contributed by atoms with Crippen molar-refractivity contribution in [1.82, 2.24) is 9.88 Å². The standard InChI is InChI=1S/C24H28N2O2/c1-4-16-26(17-5-1)18-6-7-19-27-21-13-10-20(11-14-21)12-15-24-25-22-8-2-3-9-23(22)28-24/h2-3,8-15H,1,4-7,16-19H2. The first-order valence-corrected chi connectivity index (χ1v) is 10.4. The fourth-order valence-corrected chi connectivity index (χ4v) is 3.61. The molecule has 0 unspecified atom stereocenters. The van der Waals surface area contributed by atoms with Crippen molar-refractivity contribution in [2.75, 3.05) is 26.2 Å². The quantitative estimate of drug-likeness (QED) is 0.477. The number of fused-ring (bicyclic) bond motifs is 1. The highest BCUT2D eigenvalue weighted by molar-refractivity contribution is 5.75. The molecular weight excluding hydrogens is 348 g/mol. The van der Waals surface area contributed by atoms with Gasteiger partial charge in [0.25, 0.3) is 0 Å². The van der Waals surface area contributed by atoms with E-state index in [4.69, 9.17) is 9.15 Å². The number of hydrogen-bond acceptors (Lipinski definition) is 4. The van der Waals surface area contributed by atoms with E-state index in [1.165, 1.54) is 45.3 Å². The Morgan fingerprint density at radius 1 is 0.929 bits per heavy atom. The fourth-order valence-electron chi connectivity index (χ4n) is 3.61. The van der Waals surface area contributed by atoms with Gasteiger partial charge in [-0.1, -0.05) is 30.7 Å². The molecule has 0 N–H and O–H groups in total. The number of ether oxygens (including phenoxy) is 1. The maximum Gasteiger partial charge on any atom is 0.220 e. The molecule has 0 atom stereocenters. The second kappa shape index (κ2) is 9.56. The highest BCUT2D eigenvalue weighted by atomic mass is 16.5. The third kappa shape index (κ3) is 5.23. The summed E-state index contributed by atoms with van der Waals surface area (Å²) in [6, 6.07) is 16.0. The Morgan fingerprint density at radius 2 is 1.75 bits per heavy atom. The first-order chi connectivity index (χ1) is 13.9. The molecule has 0 radical (unpaired) electrons. The van der Waals surface area contributed by atoms with Crippen LogP contribution in [0.4, 0.5) is 0 Å². The number of para-hydroxylation sites is 2. The Hall–Kier alpha value is -2.59. The highest BCUT2D eigenvalue weighted by Crippen LogP contribution is 2.18. The van der Waals surface area contributed by atoms with Crippen LogP contribution in [0.2, 0.25) is 0 Å². The van der Waals surface area contributed by atoms with E-state index in [2.05, 4.69) is 22.0 Å². The van der Waals surface area contributed by atoms with E-state index in [9.17, 15) is 0 Å². The number of nitrogens with zero attached hydrogens (tertiary/aromatic N) is 2. The van der Waals surface area contributed by atoms with Gasteiger partial charge < -0.3 is 14.1 Å². The van der Waals surface area contributed by atoms with Crippen LogP contribution in [-0.4, -0.2) is 36.1 Å². The average molecular weight is 377 g/mol. The van der Waals surface area contributed by atoms with Gasteiger partial charge in [-0.15, -0.1) is 0 Å². The molecule has 1 aliphatic heterocycles. The van der Waals surface area contributed by atoms with Crippen LogP contribution in [0.5, 0.6) is 5.75 Å². The zero-order valence-electron chi connectivity index (χ0n) is 16.3. The Morgan fingerprint density at radius 3 is 2.57 bits per heavy atom. The van der Waals surface area contributed by atoms with Gasteiger partial charge in [-0.05, 0) is 81.2 Å². The van der Waals surface area contributed by atoms with E-state index < -0.39 is 0 Å². The van der Waals surface area contributed by atoms with Crippen molar-refractivity contribution in [2.45, 2.75) is 32.1 Å². The monoisotopic (exact) mass is 376 g/mol. The number of likely N-dealkylation sites (tertiary alicyclic amines) is 1. The Labute approximate surface area is 166 Å². The number of unbranched alkanes of at least 4 members (excludes halogenated alkanes) is 1. The molecule has 0 saturated carbocycles. The largest absolute Gasteiger partial charge is 0.494 e. The second-order valence-electron chi connectivity index (χ2n) is 7.38. The predicted molar refractivity (Wildman–Crippen MR) is 114 cm³/mol. The highest BCUT2D eigenvalue weighted by Gasteiger charge is 2.08. The summed E-state index contributed by atoms with van der Waals surface area (Å²) in [7, 11) is 0. The van der Waals surface area contributed by atoms with Crippen molar-refractivity contribution in [3.8, 4) is 5.75 Å². The molecule has 3 aromatic rings. The summed E-state index contributed by atoms with van der Waals surface area (Å²) in [4.78, 5) is 7.04. The molecular formula is C24H28N2O2. The third-order valence-electron chi connectivity index (χ3n) is 5.19. The van der Waals surface area contributed by atoms with Gasteiger partial charge in [0.1, 0.15) is 11.3 Å². The Kier molecular flexibility index (Phi) is 6.40. The molecule has 4 heteroatoms. The van der Waals surface area contributed by atoms with Crippen LogP contribution in [0, 0.1) is 0 Å². The lowest BCUT2D eigenvalue weighted by molar-refractivity contribution is 0.216. The maximum absolute atomic E-state index is 5.88. The van der Waals surface area contributed by atoms with Crippen LogP contribution in [0.3, 0.4) is 0 Å². The zero-order chi connectivity index (χ0) is 19.0. The summed E-state index contributed by atoms with van der Waals surface area (Å²) in [5.41, 5.74) is 2.79. The number of aromatic nitrogens is 1. The number of hydrogen-bond donors (Lipinski definition) is 0. The molecule has 0 amide bonds. The zero-order valence-corrected chi connectivity index (χ0v) is 16.3. The van der Waals surface area contributed by atoms with Crippen molar-refractivity contribution in [2.24, 2.45) is 0 Å². The van der Waals surface area contributed by atoms with Crippen molar-refractivity contribution >= 4 is 23.3 Å². The van der Waals surface area contributed by atoms with Crippen LogP contribution in [-0.2, 0) is 0 Å². The summed E-state index contributed by atoms with van der Waals surface area (Å²) in [5.74, 6) is 1.55. The number of benzene rings is 2. The van der Waals surface area contributed by atoms with Crippen LogP contribution >= 0.6 is 0 Å². The minimum Gasteiger partial charge on any atom is -0.494 e. The third-order valence-corrected chi connectivity index (χ3v) is 5.19. The first kappa shape index (κ1) is 18.8. The lowest BCUT2D eigenvalue weighted by Crippen LogP contribution is -2.30. The molecule has 2 heterocycles. The van der Waals surface area contributed by atoms with Gasteiger partial charge in [0.15, 0.2) is 5.58 Å². The normalized spacial score (nSPS) is 15.4. The SMILES string of the molecule is C(=Cc1nc2ccccc2o1)c1ccc(OCCCCN2CCCCC2)cc1. The van der Waals surface area contributed by atoms with E-state index in [1.807, 2.05) is 48.6 Å². The fraction of sp³-hybridized carbons (Fsp3) is 0.375. The van der Waals surface area contributed by atoms with E-state index in [1.54, 1.807) is 0 Å². The van der Waals surface area contributed by atoms with Gasteiger partial charge in [-0.2, -0.15) is 0 Å².